The molecule has 6 amide bonds. The van der Waals surface area contributed by atoms with Gasteiger partial charge in [-0.15, -0.1) is 0 Å². The van der Waals surface area contributed by atoms with Crippen LogP contribution in [-0.4, -0.2) is 106 Å². The topological polar surface area (TPSA) is 179 Å². The van der Waals surface area contributed by atoms with Crippen molar-refractivity contribution in [1.82, 2.24) is 20.9 Å². The number of ether oxygens (including phenoxy) is 4. The number of nitrogens with zero attached hydrogens (tertiary/aromatic N) is 1. The van der Waals surface area contributed by atoms with Gasteiger partial charge in [-0.05, 0) is 31.4 Å². The van der Waals surface area contributed by atoms with Gasteiger partial charge in [0.2, 0.25) is 17.7 Å². The molecule has 3 N–H and O–H groups in total. The molecule has 14 heteroatoms. The number of piperidine rings is 1. The molecule has 0 spiro atoms. The summed E-state index contributed by atoms with van der Waals surface area (Å²) in [5.41, 5.74) is 0.0447. The van der Waals surface area contributed by atoms with Crippen LogP contribution in [0.2, 0.25) is 0 Å². The second kappa shape index (κ2) is 16.8. The van der Waals surface area contributed by atoms with Crippen molar-refractivity contribution < 1.29 is 47.7 Å². The fourth-order valence-electron chi connectivity index (χ4n) is 5.36. The lowest BCUT2D eigenvalue weighted by molar-refractivity contribution is -0.136. The molecular formula is C30H40N4O10. The molecule has 0 aromatic heterocycles. The lowest BCUT2D eigenvalue weighted by Crippen LogP contribution is -2.54. The van der Waals surface area contributed by atoms with Gasteiger partial charge in [-0.3, -0.25) is 39.0 Å². The molecule has 0 bridgehead atoms. The summed E-state index contributed by atoms with van der Waals surface area (Å²) in [6, 6.07) is 3.34. The van der Waals surface area contributed by atoms with Gasteiger partial charge in [0, 0.05) is 25.4 Å². The molecule has 1 unspecified atom stereocenters. The first-order valence-corrected chi connectivity index (χ1v) is 15.1. The lowest BCUT2D eigenvalue weighted by Gasteiger charge is -2.27. The van der Waals surface area contributed by atoms with E-state index in [0.29, 0.717) is 39.6 Å². The molecule has 2 fully saturated rings. The molecule has 240 valence electrons. The average Bonchev–Trinajstić information content (AvgIpc) is 3.28. The van der Waals surface area contributed by atoms with E-state index in [2.05, 4.69) is 16.0 Å². The van der Waals surface area contributed by atoms with Crippen molar-refractivity contribution in [2.75, 3.05) is 59.3 Å². The molecule has 1 atom stereocenters. The Kier molecular flexibility index (Phi) is 12.6. The molecule has 1 aromatic rings. The SMILES string of the molecule is O=C(COc1cccc2c1C(=O)N(C1CCC(=O)NC1=O)C2=O)NCCOCCOCCOCCNC(=O)C1CCCCC1. The molecule has 14 nitrogen and oxygen atoms in total. The normalized spacial score (nSPS) is 18.6. The van der Waals surface area contributed by atoms with Gasteiger partial charge in [-0.1, -0.05) is 25.3 Å². The van der Waals surface area contributed by atoms with E-state index in [0.717, 1.165) is 30.6 Å². The predicted molar refractivity (Wildman–Crippen MR) is 154 cm³/mol. The second-order valence-electron chi connectivity index (χ2n) is 10.7. The van der Waals surface area contributed by atoms with Crippen LogP contribution in [0.5, 0.6) is 5.75 Å². The van der Waals surface area contributed by atoms with E-state index in [4.69, 9.17) is 18.9 Å². The summed E-state index contributed by atoms with van der Waals surface area (Å²) in [5, 5.41) is 7.72. The van der Waals surface area contributed by atoms with Crippen LogP contribution in [0.25, 0.3) is 0 Å². The summed E-state index contributed by atoms with van der Waals surface area (Å²) in [6.45, 7) is 2.51. The summed E-state index contributed by atoms with van der Waals surface area (Å²) < 4.78 is 21.9. The molecule has 3 aliphatic rings. The van der Waals surface area contributed by atoms with Gasteiger partial charge in [0.1, 0.15) is 11.8 Å². The molecule has 44 heavy (non-hydrogen) atoms. The van der Waals surface area contributed by atoms with Gasteiger partial charge >= 0.3 is 0 Å². The van der Waals surface area contributed by atoms with Crippen LogP contribution in [0.3, 0.4) is 0 Å². The van der Waals surface area contributed by atoms with Crippen molar-refractivity contribution in [2.45, 2.75) is 51.0 Å². The number of hydrogen-bond donors (Lipinski definition) is 3. The highest BCUT2D eigenvalue weighted by atomic mass is 16.5. The Morgan fingerprint density at radius 2 is 1.48 bits per heavy atom. The van der Waals surface area contributed by atoms with Crippen molar-refractivity contribution in [1.29, 1.82) is 0 Å². The highest BCUT2D eigenvalue weighted by molar-refractivity contribution is 6.24. The predicted octanol–water partition coefficient (Wildman–Crippen LogP) is 0.329. The first kappa shape index (κ1) is 33.0. The quantitative estimate of drug-likeness (QED) is 0.163. The lowest BCUT2D eigenvalue weighted by atomic mass is 9.89. The van der Waals surface area contributed by atoms with Crippen LogP contribution in [0.4, 0.5) is 0 Å². The standard InChI is InChI=1S/C30H40N4O10/c35-24-10-9-22(28(38)33-24)34-29(39)21-7-4-8-23(26(21)30(34)40)44-19-25(36)31-11-13-41-15-17-43-18-16-42-14-12-32-27(37)20-5-2-1-3-6-20/h4,7-8,20,22H,1-3,5-6,9-19H2,(H,31,36)(H,32,37)(H,33,35,38). The van der Waals surface area contributed by atoms with Gasteiger partial charge in [0.25, 0.3) is 17.7 Å². The molecule has 4 rings (SSSR count). The number of nitrogens with one attached hydrogen (secondary N) is 3. The van der Waals surface area contributed by atoms with Crippen LogP contribution < -0.4 is 20.7 Å². The van der Waals surface area contributed by atoms with Gasteiger partial charge in [-0.2, -0.15) is 0 Å². The first-order chi connectivity index (χ1) is 21.4. The number of amides is 6. The van der Waals surface area contributed by atoms with Crippen LogP contribution >= 0.6 is 0 Å². The zero-order chi connectivity index (χ0) is 31.3. The number of fused-ring (bicyclic) bond motifs is 1. The third kappa shape index (κ3) is 9.07. The molecule has 1 saturated carbocycles. The van der Waals surface area contributed by atoms with Crippen molar-refractivity contribution in [3.05, 3.63) is 29.3 Å². The van der Waals surface area contributed by atoms with Crippen molar-refractivity contribution in [3.63, 3.8) is 0 Å². The van der Waals surface area contributed by atoms with Gasteiger partial charge < -0.3 is 29.6 Å². The summed E-state index contributed by atoms with van der Waals surface area (Å²) in [6.07, 6.45) is 5.48. The van der Waals surface area contributed by atoms with Crippen LogP contribution in [-0.2, 0) is 33.4 Å². The Hall–Kier alpha value is -3.88. The molecule has 1 aliphatic carbocycles. The average molecular weight is 617 g/mol. The molecule has 2 heterocycles. The van der Waals surface area contributed by atoms with Crippen molar-refractivity contribution >= 4 is 35.4 Å². The largest absolute Gasteiger partial charge is 0.483 e. The summed E-state index contributed by atoms with van der Waals surface area (Å²) >= 11 is 0. The minimum Gasteiger partial charge on any atom is -0.483 e. The maximum atomic E-state index is 13.1. The van der Waals surface area contributed by atoms with Crippen molar-refractivity contribution in [3.8, 4) is 5.75 Å². The maximum absolute atomic E-state index is 13.1. The van der Waals surface area contributed by atoms with Crippen LogP contribution in [0.1, 0.15) is 65.7 Å². The molecular weight excluding hydrogens is 576 g/mol. The van der Waals surface area contributed by atoms with Gasteiger partial charge in [0.05, 0.1) is 50.8 Å². The Bertz CT molecular complexity index is 1220. The van der Waals surface area contributed by atoms with E-state index in [1.54, 1.807) is 0 Å². The Morgan fingerprint density at radius 3 is 2.16 bits per heavy atom. The second-order valence-corrected chi connectivity index (χ2v) is 10.7. The summed E-state index contributed by atoms with van der Waals surface area (Å²) in [4.78, 5) is 74.8. The molecule has 0 radical (unpaired) electrons. The fourth-order valence-corrected chi connectivity index (χ4v) is 5.36. The Balaban J connectivity index is 1.03. The number of imide groups is 2. The minimum atomic E-state index is -1.09. The third-order valence-corrected chi connectivity index (χ3v) is 7.62. The van der Waals surface area contributed by atoms with E-state index in [1.165, 1.54) is 24.6 Å². The molecule has 1 saturated heterocycles. The van der Waals surface area contributed by atoms with E-state index < -0.39 is 42.2 Å². The van der Waals surface area contributed by atoms with Crippen LogP contribution in [0, 0.1) is 5.92 Å². The van der Waals surface area contributed by atoms with Crippen LogP contribution in [0.15, 0.2) is 18.2 Å². The molecule has 2 aliphatic heterocycles. The van der Waals surface area contributed by atoms with E-state index in [1.807, 2.05) is 0 Å². The number of hydrogen-bond acceptors (Lipinski definition) is 10. The van der Waals surface area contributed by atoms with Crippen molar-refractivity contribution in [2.24, 2.45) is 5.92 Å². The van der Waals surface area contributed by atoms with E-state index in [-0.39, 0.29) is 54.7 Å². The van der Waals surface area contributed by atoms with Gasteiger partial charge in [-0.25, -0.2) is 0 Å². The Labute approximate surface area is 255 Å². The van der Waals surface area contributed by atoms with E-state index >= 15 is 0 Å². The van der Waals surface area contributed by atoms with Gasteiger partial charge in [0.15, 0.2) is 6.61 Å². The third-order valence-electron chi connectivity index (χ3n) is 7.62. The number of carbonyl (C=O) groups excluding carboxylic acids is 6. The summed E-state index contributed by atoms with van der Waals surface area (Å²) in [5.74, 6) is -2.66. The highest BCUT2D eigenvalue weighted by Gasteiger charge is 2.46. The zero-order valence-electron chi connectivity index (χ0n) is 24.7. The number of rotatable bonds is 17. The highest BCUT2D eigenvalue weighted by Crippen LogP contribution is 2.33. The number of benzene rings is 1. The fraction of sp³-hybridized carbons (Fsp3) is 0.600. The maximum Gasteiger partial charge on any atom is 0.266 e. The van der Waals surface area contributed by atoms with E-state index in [9.17, 15) is 28.8 Å². The first-order valence-electron chi connectivity index (χ1n) is 15.1. The number of carbonyl (C=O) groups is 6. The zero-order valence-corrected chi connectivity index (χ0v) is 24.7. The smallest absolute Gasteiger partial charge is 0.266 e. The summed E-state index contributed by atoms with van der Waals surface area (Å²) in [7, 11) is 0. The monoisotopic (exact) mass is 616 g/mol. The minimum absolute atomic E-state index is 0.0161. The molecule has 1 aromatic carbocycles. The Morgan fingerprint density at radius 1 is 0.818 bits per heavy atom.